The zero-order chi connectivity index (χ0) is 11.5. The molecule has 1 aliphatic rings. The van der Waals surface area contributed by atoms with Gasteiger partial charge in [-0.05, 0) is 48.4 Å². The lowest BCUT2D eigenvalue weighted by molar-refractivity contribution is -0.136. The predicted molar refractivity (Wildman–Crippen MR) is 61.0 cm³/mol. The van der Waals surface area contributed by atoms with Crippen LogP contribution >= 0.6 is 0 Å². The molecule has 86 valence electrons. The van der Waals surface area contributed by atoms with Gasteiger partial charge < -0.3 is 9.84 Å². The third-order valence-corrected chi connectivity index (χ3v) is 3.17. The molecule has 0 saturated heterocycles. The SMILES string of the molecule is COc1ccc(CCC(=O)O)c2c1CCC2. The van der Waals surface area contributed by atoms with Crippen molar-refractivity contribution >= 4 is 5.97 Å². The number of hydrogen-bond acceptors (Lipinski definition) is 2. The zero-order valence-corrected chi connectivity index (χ0v) is 9.45. The number of fused-ring (bicyclic) bond motifs is 1. The highest BCUT2D eigenvalue weighted by Crippen LogP contribution is 2.33. The van der Waals surface area contributed by atoms with E-state index in [-0.39, 0.29) is 6.42 Å². The van der Waals surface area contributed by atoms with Crippen molar-refractivity contribution in [1.29, 1.82) is 0 Å². The molecule has 0 aromatic heterocycles. The fraction of sp³-hybridized carbons (Fsp3) is 0.462. The Kier molecular flexibility index (Phi) is 3.13. The van der Waals surface area contributed by atoms with Gasteiger partial charge >= 0.3 is 5.97 Å². The van der Waals surface area contributed by atoms with E-state index in [1.807, 2.05) is 12.1 Å². The summed E-state index contributed by atoms with van der Waals surface area (Å²) in [4.78, 5) is 10.6. The van der Waals surface area contributed by atoms with E-state index in [1.54, 1.807) is 7.11 Å². The first-order chi connectivity index (χ1) is 7.72. The van der Waals surface area contributed by atoms with Gasteiger partial charge in [-0.25, -0.2) is 0 Å². The third-order valence-electron chi connectivity index (χ3n) is 3.17. The van der Waals surface area contributed by atoms with E-state index in [2.05, 4.69) is 0 Å². The normalized spacial score (nSPS) is 13.6. The Balaban J connectivity index is 2.27. The number of aryl methyl sites for hydroxylation is 1. The van der Waals surface area contributed by atoms with Gasteiger partial charge in [0.05, 0.1) is 7.11 Å². The van der Waals surface area contributed by atoms with Crippen LogP contribution in [0.4, 0.5) is 0 Å². The largest absolute Gasteiger partial charge is 0.496 e. The van der Waals surface area contributed by atoms with E-state index in [1.165, 1.54) is 16.7 Å². The van der Waals surface area contributed by atoms with Crippen molar-refractivity contribution in [2.45, 2.75) is 32.1 Å². The quantitative estimate of drug-likeness (QED) is 0.846. The fourth-order valence-corrected chi connectivity index (χ4v) is 2.41. The van der Waals surface area contributed by atoms with E-state index in [0.717, 1.165) is 25.0 Å². The molecule has 0 unspecified atom stereocenters. The van der Waals surface area contributed by atoms with Gasteiger partial charge in [-0.1, -0.05) is 6.07 Å². The van der Waals surface area contributed by atoms with Crippen molar-refractivity contribution in [3.63, 3.8) is 0 Å². The number of carboxylic acids is 1. The molecule has 0 radical (unpaired) electrons. The van der Waals surface area contributed by atoms with Crippen LogP contribution in [-0.4, -0.2) is 18.2 Å². The summed E-state index contributed by atoms with van der Waals surface area (Å²) in [6.07, 6.45) is 4.09. The Morgan fingerprint density at radius 3 is 2.81 bits per heavy atom. The van der Waals surface area contributed by atoms with Gasteiger partial charge in [0.25, 0.3) is 0 Å². The highest BCUT2D eigenvalue weighted by atomic mass is 16.5. The number of rotatable bonds is 4. The minimum Gasteiger partial charge on any atom is -0.496 e. The maximum atomic E-state index is 10.6. The minimum atomic E-state index is -0.734. The number of aliphatic carboxylic acids is 1. The van der Waals surface area contributed by atoms with Crippen LogP contribution in [0.15, 0.2) is 12.1 Å². The molecule has 0 heterocycles. The Morgan fingerprint density at radius 1 is 1.38 bits per heavy atom. The summed E-state index contributed by atoms with van der Waals surface area (Å²) in [6, 6.07) is 3.97. The molecule has 1 aromatic carbocycles. The summed E-state index contributed by atoms with van der Waals surface area (Å²) in [5.74, 6) is 0.217. The topological polar surface area (TPSA) is 46.5 Å². The van der Waals surface area contributed by atoms with Gasteiger partial charge in [-0.2, -0.15) is 0 Å². The van der Waals surface area contributed by atoms with Crippen molar-refractivity contribution in [1.82, 2.24) is 0 Å². The minimum absolute atomic E-state index is 0.207. The van der Waals surface area contributed by atoms with Crippen LogP contribution in [0.2, 0.25) is 0 Å². The Morgan fingerprint density at radius 2 is 2.12 bits per heavy atom. The molecule has 16 heavy (non-hydrogen) atoms. The standard InChI is InChI=1S/C13H16O3/c1-16-12-7-5-9(6-8-13(14)15)10-3-2-4-11(10)12/h5,7H,2-4,6,8H2,1H3,(H,14,15). The van der Waals surface area contributed by atoms with E-state index >= 15 is 0 Å². The molecule has 1 N–H and O–H groups in total. The van der Waals surface area contributed by atoms with Gasteiger partial charge in [0.2, 0.25) is 0 Å². The van der Waals surface area contributed by atoms with Gasteiger partial charge in [0.15, 0.2) is 0 Å². The van der Waals surface area contributed by atoms with Crippen molar-refractivity contribution in [2.24, 2.45) is 0 Å². The maximum absolute atomic E-state index is 10.6. The maximum Gasteiger partial charge on any atom is 0.303 e. The first kappa shape index (κ1) is 11.0. The van der Waals surface area contributed by atoms with Crippen LogP contribution in [0.5, 0.6) is 5.75 Å². The van der Waals surface area contributed by atoms with Crippen LogP contribution in [0, 0.1) is 0 Å². The number of ether oxygens (including phenoxy) is 1. The summed E-state index contributed by atoms with van der Waals surface area (Å²) in [5.41, 5.74) is 3.78. The van der Waals surface area contributed by atoms with Crippen LogP contribution in [-0.2, 0) is 24.1 Å². The Labute approximate surface area is 95.0 Å². The first-order valence-electron chi connectivity index (χ1n) is 5.62. The molecule has 3 nitrogen and oxygen atoms in total. The lowest BCUT2D eigenvalue weighted by atomic mass is 9.99. The fourth-order valence-electron chi connectivity index (χ4n) is 2.41. The summed E-state index contributed by atoms with van der Waals surface area (Å²) in [7, 11) is 1.69. The van der Waals surface area contributed by atoms with Crippen LogP contribution in [0.1, 0.15) is 29.5 Å². The summed E-state index contributed by atoms with van der Waals surface area (Å²) >= 11 is 0. The van der Waals surface area contributed by atoms with E-state index in [9.17, 15) is 4.79 Å². The highest BCUT2D eigenvalue weighted by molar-refractivity contribution is 5.67. The van der Waals surface area contributed by atoms with Crippen LogP contribution in [0.3, 0.4) is 0 Å². The van der Waals surface area contributed by atoms with Crippen LogP contribution < -0.4 is 4.74 Å². The number of hydrogen-bond donors (Lipinski definition) is 1. The summed E-state index contributed by atoms with van der Waals surface area (Å²) < 4.78 is 5.32. The number of carboxylic acid groups (broad SMARTS) is 1. The Hall–Kier alpha value is -1.51. The van der Waals surface area contributed by atoms with Crippen molar-refractivity contribution < 1.29 is 14.6 Å². The van der Waals surface area contributed by atoms with Crippen LogP contribution in [0.25, 0.3) is 0 Å². The smallest absolute Gasteiger partial charge is 0.303 e. The van der Waals surface area contributed by atoms with Gasteiger partial charge in [0.1, 0.15) is 5.75 Å². The molecule has 1 aliphatic carbocycles. The van der Waals surface area contributed by atoms with E-state index < -0.39 is 5.97 Å². The molecular formula is C13H16O3. The molecule has 0 amide bonds. The lowest BCUT2D eigenvalue weighted by Gasteiger charge is -2.11. The zero-order valence-electron chi connectivity index (χ0n) is 9.45. The van der Waals surface area contributed by atoms with Gasteiger partial charge in [0, 0.05) is 6.42 Å². The average Bonchev–Trinajstić information content (AvgIpc) is 2.74. The molecule has 0 fully saturated rings. The van der Waals surface area contributed by atoms with Crippen molar-refractivity contribution in [3.8, 4) is 5.75 Å². The molecule has 0 aliphatic heterocycles. The number of methoxy groups -OCH3 is 1. The lowest BCUT2D eigenvalue weighted by Crippen LogP contribution is -2.01. The summed E-state index contributed by atoms with van der Waals surface area (Å²) in [5, 5.41) is 8.70. The first-order valence-corrected chi connectivity index (χ1v) is 5.62. The average molecular weight is 220 g/mol. The second-order valence-electron chi connectivity index (χ2n) is 4.13. The van der Waals surface area contributed by atoms with Crippen molar-refractivity contribution in [2.75, 3.05) is 7.11 Å². The molecular weight excluding hydrogens is 204 g/mol. The number of benzene rings is 1. The van der Waals surface area contributed by atoms with Gasteiger partial charge in [-0.15, -0.1) is 0 Å². The highest BCUT2D eigenvalue weighted by Gasteiger charge is 2.19. The molecule has 0 spiro atoms. The second kappa shape index (κ2) is 4.56. The third kappa shape index (κ3) is 2.03. The van der Waals surface area contributed by atoms with Crippen molar-refractivity contribution in [3.05, 3.63) is 28.8 Å². The predicted octanol–water partition coefficient (Wildman–Crippen LogP) is 2.20. The number of carbonyl (C=O) groups is 1. The van der Waals surface area contributed by atoms with E-state index in [0.29, 0.717) is 6.42 Å². The summed E-state index contributed by atoms with van der Waals surface area (Å²) in [6.45, 7) is 0. The molecule has 0 atom stereocenters. The molecule has 1 aromatic rings. The monoisotopic (exact) mass is 220 g/mol. The molecule has 0 saturated carbocycles. The van der Waals surface area contributed by atoms with E-state index in [4.69, 9.17) is 9.84 Å². The second-order valence-corrected chi connectivity index (χ2v) is 4.13. The molecule has 3 heteroatoms. The Bertz CT molecular complexity index is 410. The van der Waals surface area contributed by atoms with Gasteiger partial charge in [-0.3, -0.25) is 4.79 Å². The molecule has 2 rings (SSSR count). The molecule has 0 bridgehead atoms.